The number of H-pyrrole nitrogens is 1. The van der Waals surface area contributed by atoms with E-state index in [2.05, 4.69) is 55.9 Å². The maximum absolute atomic E-state index is 5.34. The summed E-state index contributed by atoms with van der Waals surface area (Å²) < 4.78 is 0.692. The van der Waals surface area contributed by atoms with Crippen LogP contribution >= 0.6 is 12.2 Å². The predicted molar refractivity (Wildman–Crippen MR) is 78.4 cm³/mol. The molecule has 0 saturated heterocycles. The van der Waals surface area contributed by atoms with E-state index in [0.717, 1.165) is 11.3 Å². The fraction of sp³-hybridized carbons (Fsp3) is 0.333. The molecule has 0 bridgehead atoms. The Labute approximate surface area is 113 Å². The summed E-state index contributed by atoms with van der Waals surface area (Å²) in [6, 6.07) is 6.47. The lowest BCUT2D eigenvalue weighted by Gasteiger charge is -2.13. The minimum Gasteiger partial charge on any atom is -0.346 e. The zero-order valence-electron chi connectivity index (χ0n) is 11.2. The zero-order chi connectivity index (χ0) is 13.3. The van der Waals surface area contributed by atoms with Crippen molar-refractivity contribution in [3.05, 3.63) is 45.9 Å². The largest absolute Gasteiger partial charge is 0.346 e. The molecule has 2 rings (SSSR count). The van der Waals surface area contributed by atoms with Crippen LogP contribution < -0.4 is 0 Å². The number of nitrogens with zero attached hydrogens (tertiary/aromatic N) is 1. The van der Waals surface area contributed by atoms with Crippen LogP contribution in [-0.2, 0) is 0 Å². The van der Waals surface area contributed by atoms with E-state index in [1.54, 1.807) is 6.33 Å². The molecule has 0 saturated carbocycles. The minimum atomic E-state index is 0.360. The minimum absolute atomic E-state index is 0.360. The highest BCUT2D eigenvalue weighted by Crippen LogP contribution is 2.28. The first-order valence-corrected chi connectivity index (χ1v) is 6.56. The first-order valence-electron chi connectivity index (χ1n) is 6.16. The van der Waals surface area contributed by atoms with Crippen LogP contribution in [0.2, 0.25) is 0 Å². The van der Waals surface area contributed by atoms with E-state index in [4.69, 9.17) is 12.2 Å². The van der Waals surface area contributed by atoms with Gasteiger partial charge in [-0.2, -0.15) is 0 Å². The summed E-state index contributed by atoms with van der Waals surface area (Å²) in [7, 11) is 0. The third-order valence-corrected chi connectivity index (χ3v) is 3.59. The second-order valence-electron chi connectivity index (χ2n) is 4.95. The highest BCUT2D eigenvalue weighted by Gasteiger charge is 2.12. The van der Waals surface area contributed by atoms with Crippen LogP contribution in [0.5, 0.6) is 0 Å². The van der Waals surface area contributed by atoms with Gasteiger partial charge in [-0.1, -0.05) is 38.2 Å². The van der Waals surface area contributed by atoms with Crippen molar-refractivity contribution in [2.75, 3.05) is 0 Å². The van der Waals surface area contributed by atoms with Gasteiger partial charge in [0.15, 0.2) is 0 Å². The van der Waals surface area contributed by atoms with Crippen molar-refractivity contribution in [1.29, 1.82) is 0 Å². The number of hydrogen-bond acceptors (Lipinski definition) is 2. The number of hydrogen-bond donors (Lipinski definition) is 1. The fourth-order valence-corrected chi connectivity index (χ4v) is 2.47. The van der Waals surface area contributed by atoms with Crippen molar-refractivity contribution >= 4 is 12.2 Å². The molecule has 1 aromatic carbocycles. The molecule has 94 valence electrons. The molecule has 0 unspecified atom stereocenters. The van der Waals surface area contributed by atoms with Crippen LogP contribution in [0.4, 0.5) is 0 Å². The second-order valence-corrected chi connectivity index (χ2v) is 5.34. The second kappa shape index (κ2) is 5.02. The van der Waals surface area contributed by atoms with Gasteiger partial charge in [0.1, 0.15) is 4.64 Å². The number of rotatable bonds is 2. The lowest BCUT2D eigenvalue weighted by atomic mass is 9.96. The maximum atomic E-state index is 5.34. The molecule has 0 aliphatic rings. The average molecular weight is 258 g/mol. The molecular formula is C15H18N2S. The lowest BCUT2D eigenvalue weighted by molar-refractivity contribution is 0.843. The maximum Gasteiger partial charge on any atom is 0.133 e. The van der Waals surface area contributed by atoms with Gasteiger partial charge in [0.25, 0.3) is 0 Å². The molecular weight excluding hydrogens is 240 g/mol. The molecule has 0 atom stereocenters. The topological polar surface area (TPSA) is 28.7 Å². The Bertz CT molecular complexity index is 627. The number of aromatic nitrogens is 2. The molecule has 0 aliphatic carbocycles. The number of benzene rings is 1. The lowest BCUT2D eigenvalue weighted by Crippen LogP contribution is -1.99. The van der Waals surface area contributed by atoms with Crippen molar-refractivity contribution in [3.8, 4) is 11.3 Å². The zero-order valence-corrected chi connectivity index (χ0v) is 12.1. The quantitative estimate of drug-likeness (QED) is 0.801. The molecule has 0 amide bonds. The summed E-state index contributed by atoms with van der Waals surface area (Å²) in [5, 5.41) is 0. The normalized spacial score (nSPS) is 10.9. The summed E-state index contributed by atoms with van der Waals surface area (Å²) in [5.74, 6) is 0.360. The van der Waals surface area contributed by atoms with Gasteiger partial charge in [-0.3, -0.25) is 0 Å². The summed E-state index contributed by atoms with van der Waals surface area (Å²) in [5.41, 5.74) is 5.98. The Morgan fingerprint density at radius 1 is 1.17 bits per heavy atom. The van der Waals surface area contributed by atoms with Gasteiger partial charge in [-0.15, -0.1) is 0 Å². The summed E-state index contributed by atoms with van der Waals surface area (Å²) in [4.78, 5) is 7.43. The van der Waals surface area contributed by atoms with Crippen molar-refractivity contribution < 1.29 is 0 Å². The van der Waals surface area contributed by atoms with E-state index in [1.165, 1.54) is 16.7 Å². The number of nitrogens with one attached hydrogen (secondary N) is 1. The van der Waals surface area contributed by atoms with Gasteiger partial charge in [0, 0.05) is 5.56 Å². The molecule has 2 aromatic rings. The highest BCUT2D eigenvalue weighted by atomic mass is 32.1. The van der Waals surface area contributed by atoms with E-state index in [0.29, 0.717) is 10.6 Å². The molecule has 18 heavy (non-hydrogen) atoms. The van der Waals surface area contributed by atoms with Gasteiger partial charge in [0.2, 0.25) is 0 Å². The average Bonchev–Trinajstić information content (AvgIpc) is 2.32. The van der Waals surface area contributed by atoms with Crippen LogP contribution in [0.1, 0.15) is 36.5 Å². The van der Waals surface area contributed by atoms with Crippen LogP contribution in [0.15, 0.2) is 24.5 Å². The third kappa shape index (κ3) is 2.36. The molecule has 2 nitrogen and oxygen atoms in total. The van der Waals surface area contributed by atoms with Gasteiger partial charge in [0.05, 0.1) is 12.0 Å². The van der Waals surface area contributed by atoms with E-state index in [-0.39, 0.29) is 0 Å². The Morgan fingerprint density at radius 3 is 2.50 bits per heavy atom. The summed E-state index contributed by atoms with van der Waals surface area (Å²) in [6.07, 6.45) is 1.68. The molecule has 1 heterocycles. The first kappa shape index (κ1) is 13.0. The van der Waals surface area contributed by atoms with Gasteiger partial charge < -0.3 is 4.98 Å². The first-order chi connectivity index (χ1) is 8.50. The molecule has 3 heteroatoms. The molecule has 0 aliphatic heterocycles. The van der Waals surface area contributed by atoms with E-state index in [1.807, 2.05) is 0 Å². The molecule has 1 aromatic heterocycles. The summed E-state index contributed by atoms with van der Waals surface area (Å²) in [6.45, 7) is 8.54. The van der Waals surface area contributed by atoms with Crippen LogP contribution in [-0.4, -0.2) is 9.97 Å². The standard InChI is InChI=1S/C15H18N2S/c1-9(2)13-14(16-8-17-15(13)18)12-6-5-10(3)11(4)7-12/h5-9H,1-4H3,(H,16,17,18). The number of aryl methyl sites for hydroxylation is 2. The highest BCUT2D eigenvalue weighted by molar-refractivity contribution is 7.71. The Morgan fingerprint density at radius 2 is 1.89 bits per heavy atom. The Kier molecular flexibility index (Phi) is 3.62. The van der Waals surface area contributed by atoms with E-state index >= 15 is 0 Å². The Hall–Kier alpha value is -1.48. The fourth-order valence-electron chi connectivity index (χ4n) is 2.08. The van der Waals surface area contributed by atoms with Gasteiger partial charge >= 0.3 is 0 Å². The van der Waals surface area contributed by atoms with Crippen molar-refractivity contribution in [2.24, 2.45) is 0 Å². The van der Waals surface area contributed by atoms with Crippen LogP contribution in [0.3, 0.4) is 0 Å². The SMILES string of the molecule is Cc1ccc(-c2[nH]cnc(=S)c2C(C)C)cc1C. The van der Waals surface area contributed by atoms with E-state index < -0.39 is 0 Å². The molecule has 0 radical (unpaired) electrons. The molecule has 0 spiro atoms. The van der Waals surface area contributed by atoms with Crippen LogP contribution in [0, 0.1) is 18.5 Å². The summed E-state index contributed by atoms with van der Waals surface area (Å²) >= 11 is 5.34. The monoisotopic (exact) mass is 258 g/mol. The van der Waals surface area contributed by atoms with Gasteiger partial charge in [-0.25, -0.2) is 4.98 Å². The van der Waals surface area contributed by atoms with Crippen molar-refractivity contribution in [2.45, 2.75) is 33.6 Å². The molecule has 0 fully saturated rings. The third-order valence-electron chi connectivity index (χ3n) is 3.26. The Balaban J connectivity index is 2.67. The van der Waals surface area contributed by atoms with Crippen molar-refractivity contribution in [3.63, 3.8) is 0 Å². The van der Waals surface area contributed by atoms with E-state index in [9.17, 15) is 0 Å². The van der Waals surface area contributed by atoms with Crippen molar-refractivity contribution in [1.82, 2.24) is 9.97 Å². The van der Waals surface area contributed by atoms with Gasteiger partial charge in [-0.05, 0) is 42.5 Å². The predicted octanol–water partition coefficient (Wildman–Crippen LogP) is 4.55. The van der Waals surface area contributed by atoms with Crippen LogP contribution in [0.25, 0.3) is 11.3 Å². The molecule has 1 N–H and O–H groups in total. The number of aromatic amines is 1. The smallest absolute Gasteiger partial charge is 0.133 e.